The van der Waals surface area contributed by atoms with Crippen molar-refractivity contribution in [2.75, 3.05) is 0 Å². The molecule has 0 unspecified atom stereocenters. The van der Waals surface area contributed by atoms with E-state index < -0.39 is 24.2 Å². The Morgan fingerprint density at radius 1 is 0.364 bits per heavy atom. The molecule has 0 atom stereocenters. The van der Waals surface area contributed by atoms with Gasteiger partial charge in [0.05, 0.1) is 35.8 Å². The number of rotatable bonds is 4. The molecule has 7 aromatic carbocycles. The number of hydrogen-bond acceptors (Lipinski definition) is 0. The first-order valence-corrected chi connectivity index (χ1v) is 14.3. The van der Waals surface area contributed by atoms with Crippen LogP contribution in [0.25, 0.3) is 77.2 Å². The lowest BCUT2D eigenvalue weighted by Gasteiger charge is -2.11. The number of aromatic nitrogens is 2. The van der Waals surface area contributed by atoms with Gasteiger partial charge in [0, 0.05) is 32.9 Å². The summed E-state index contributed by atoms with van der Waals surface area (Å²) in [6, 6.07) is 30.3. The van der Waals surface area contributed by atoms with Crippen LogP contribution in [0, 0.1) is 0 Å². The average Bonchev–Trinajstić information content (AvgIpc) is 3.75. The standard InChI is InChI=1S/C42H28N2/c1-3-12-29(13-4-1)31-22-24-33(25-23-31)43-37-20-9-7-18-35(37)41-39(43)26-27-40-42(41)36-19-8-10-21-38(36)44(40)34-17-11-16-32(28-34)30-14-5-2-6-15-30/h1-28H/i7D,8D,9D,10D,18D,19D,20D,21D,26D,27D. The number of benzene rings is 7. The van der Waals surface area contributed by atoms with Gasteiger partial charge < -0.3 is 9.13 Å². The summed E-state index contributed by atoms with van der Waals surface area (Å²) in [5.74, 6) is 0. The molecule has 44 heavy (non-hydrogen) atoms. The van der Waals surface area contributed by atoms with Crippen LogP contribution in [-0.4, -0.2) is 9.13 Å². The maximum Gasteiger partial charge on any atom is 0.0646 e. The minimum absolute atomic E-state index is 0.0884. The van der Waals surface area contributed by atoms with Gasteiger partial charge in [-0.1, -0.05) is 121 Å². The third-order valence-electron chi connectivity index (χ3n) is 8.20. The molecular weight excluding hydrogens is 532 g/mol. The molecule has 0 saturated heterocycles. The molecule has 2 aromatic heterocycles. The van der Waals surface area contributed by atoms with Crippen LogP contribution in [0.5, 0.6) is 0 Å². The van der Waals surface area contributed by atoms with Crippen LogP contribution in [0.2, 0.25) is 0 Å². The van der Waals surface area contributed by atoms with E-state index in [2.05, 4.69) is 0 Å². The van der Waals surface area contributed by atoms with Crippen LogP contribution in [0.4, 0.5) is 0 Å². The molecule has 0 fully saturated rings. The van der Waals surface area contributed by atoms with Crippen molar-refractivity contribution >= 4 is 43.6 Å². The van der Waals surface area contributed by atoms with E-state index in [1.165, 1.54) is 0 Å². The molecule has 0 spiro atoms. The number of nitrogens with zero attached hydrogens (tertiary/aromatic N) is 2. The minimum atomic E-state index is -0.485. The van der Waals surface area contributed by atoms with Crippen LogP contribution in [0.3, 0.4) is 0 Å². The average molecular weight is 571 g/mol. The molecule has 0 saturated carbocycles. The smallest absolute Gasteiger partial charge is 0.0646 e. The van der Waals surface area contributed by atoms with Gasteiger partial charge in [-0.3, -0.25) is 0 Å². The van der Waals surface area contributed by atoms with Crippen molar-refractivity contribution in [3.05, 3.63) is 170 Å². The number of para-hydroxylation sites is 2. The lowest BCUT2D eigenvalue weighted by molar-refractivity contribution is 1.17. The first-order valence-electron chi connectivity index (χ1n) is 19.3. The van der Waals surface area contributed by atoms with Crippen LogP contribution in [-0.2, 0) is 0 Å². The van der Waals surface area contributed by atoms with Crippen LogP contribution >= 0.6 is 0 Å². The summed E-state index contributed by atoms with van der Waals surface area (Å²) < 4.78 is 94.0. The van der Waals surface area contributed by atoms with E-state index in [4.69, 9.17) is 6.85 Å². The molecule has 0 amide bonds. The van der Waals surface area contributed by atoms with Gasteiger partial charge in [-0.2, -0.15) is 0 Å². The van der Waals surface area contributed by atoms with E-state index in [1.54, 1.807) is 27.3 Å². The van der Waals surface area contributed by atoms with Crippen molar-refractivity contribution in [2.45, 2.75) is 0 Å². The number of fused-ring (bicyclic) bond motifs is 7. The van der Waals surface area contributed by atoms with Crippen molar-refractivity contribution in [2.24, 2.45) is 0 Å². The van der Waals surface area contributed by atoms with E-state index >= 15 is 0 Å². The highest BCUT2D eigenvalue weighted by atomic mass is 15.0. The summed E-state index contributed by atoms with van der Waals surface area (Å²) in [4.78, 5) is 0. The quantitative estimate of drug-likeness (QED) is 0.199. The molecule has 0 aliphatic carbocycles. The van der Waals surface area contributed by atoms with E-state index in [9.17, 15) is 6.85 Å². The molecule has 0 radical (unpaired) electrons. The highest BCUT2D eigenvalue weighted by molar-refractivity contribution is 6.28. The molecule has 2 nitrogen and oxygen atoms in total. The van der Waals surface area contributed by atoms with Gasteiger partial charge in [0.2, 0.25) is 0 Å². The van der Waals surface area contributed by atoms with Gasteiger partial charge in [-0.05, 0) is 70.7 Å². The zero-order valence-electron chi connectivity index (χ0n) is 33.3. The summed E-state index contributed by atoms with van der Waals surface area (Å²) in [5.41, 5.74) is 5.06. The maximum atomic E-state index is 9.62. The zero-order valence-corrected chi connectivity index (χ0v) is 23.3. The van der Waals surface area contributed by atoms with Crippen molar-refractivity contribution in [1.29, 1.82) is 0 Å². The van der Waals surface area contributed by atoms with E-state index in [-0.39, 0.29) is 79.9 Å². The predicted molar refractivity (Wildman–Crippen MR) is 186 cm³/mol. The molecule has 9 aromatic rings. The molecule has 2 heteroatoms. The van der Waals surface area contributed by atoms with Gasteiger partial charge in [-0.25, -0.2) is 0 Å². The first-order chi connectivity index (χ1) is 26.0. The summed E-state index contributed by atoms with van der Waals surface area (Å²) in [6.07, 6.45) is 0. The minimum Gasteiger partial charge on any atom is -0.309 e. The first kappa shape index (κ1) is 16.7. The van der Waals surface area contributed by atoms with Crippen molar-refractivity contribution in [3.8, 4) is 33.6 Å². The van der Waals surface area contributed by atoms with E-state index in [0.29, 0.717) is 11.4 Å². The van der Waals surface area contributed by atoms with E-state index in [1.807, 2.05) is 91.0 Å². The molecular formula is C42H28N2. The lowest BCUT2D eigenvalue weighted by Crippen LogP contribution is -1.95. The third kappa shape index (κ3) is 3.75. The van der Waals surface area contributed by atoms with Crippen LogP contribution < -0.4 is 0 Å². The van der Waals surface area contributed by atoms with Crippen molar-refractivity contribution < 1.29 is 13.7 Å². The highest BCUT2D eigenvalue weighted by Crippen LogP contribution is 2.42. The zero-order chi connectivity index (χ0) is 37.7. The molecule has 0 bridgehead atoms. The Labute approximate surface area is 269 Å². The maximum absolute atomic E-state index is 9.62. The summed E-state index contributed by atoms with van der Waals surface area (Å²) >= 11 is 0. The highest BCUT2D eigenvalue weighted by Gasteiger charge is 2.20. The Morgan fingerprint density at radius 3 is 1.43 bits per heavy atom. The Morgan fingerprint density at radius 2 is 0.841 bits per heavy atom. The van der Waals surface area contributed by atoms with Gasteiger partial charge in [0.15, 0.2) is 0 Å². The molecule has 2 heterocycles. The second kappa shape index (κ2) is 9.86. The Bertz CT molecular complexity index is 3020. The topological polar surface area (TPSA) is 9.86 Å². The van der Waals surface area contributed by atoms with Gasteiger partial charge in [-0.15, -0.1) is 0 Å². The van der Waals surface area contributed by atoms with E-state index in [0.717, 1.165) is 22.3 Å². The molecule has 0 N–H and O–H groups in total. The predicted octanol–water partition coefficient (Wildman–Crippen LogP) is 11.2. The van der Waals surface area contributed by atoms with Crippen LogP contribution in [0.1, 0.15) is 13.7 Å². The van der Waals surface area contributed by atoms with Crippen molar-refractivity contribution in [1.82, 2.24) is 9.13 Å². The SMILES string of the molecule is [2H]c1c([2H])c([2H])c2c(c1[2H])c1c3c4c([2H])c([2H])c([2H])c([2H])c4n(-c4cccc(-c5ccccc5)c4)c3c([2H])c([2H])c1n2-c1ccc(-c2ccccc2)cc1. The Balaban J connectivity index is 1.51. The van der Waals surface area contributed by atoms with Crippen LogP contribution in [0.15, 0.2) is 170 Å². The largest absolute Gasteiger partial charge is 0.309 e. The second-order valence-electron chi connectivity index (χ2n) is 10.6. The summed E-state index contributed by atoms with van der Waals surface area (Å²) in [6.45, 7) is 0. The molecule has 9 rings (SSSR count). The monoisotopic (exact) mass is 570 g/mol. The van der Waals surface area contributed by atoms with Gasteiger partial charge in [0.25, 0.3) is 0 Å². The Kier molecular flexibility index (Phi) is 3.74. The lowest BCUT2D eigenvalue weighted by atomic mass is 10.0. The normalized spacial score (nSPS) is 14.8. The third-order valence-corrected chi connectivity index (χ3v) is 8.20. The number of hydrogen-bond donors (Lipinski definition) is 0. The molecule has 0 aliphatic heterocycles. The van der Waals surface area contributed by atoms with Gasteiger partial charge >= 0.3 is 0 Å². The van der Waals surface area contributed by atoms with Gasteiger partial charge in [0.1, 0.15) is 0 Å². The van der Waals surface area contributed by atoms with Crippen molar-refractivity contribution in [3.63, 3.8) is 0 Å². The molecule has 0 aliphatic rings. The summed E-state index contributed by atoms with van der Waals surface area (Å²) in [5, 5.41) is 0.581. The fourth-order valence-electron chi connectivity index (χ4n) is 6.24. The molecule has 206 valence electrons. The summed E-state index contributed by atoms with van der Waals surface area (Å²) in [7, 11) is 0. The fourth-order valence-corrected chi connectivity index (χ4v) is 6.24. The second-order valence-corrected chi connectivity index (χ2v) is 10.6. The fraction of sp³-hybridized carbons (Fsp3) is 0. The Hall–Kier alpha value is -5.86.